The van der Waals surface area contributed by atoms with Crippen molar-refractivity contribution in [2.75, 3.05) is 26.7 Å². The Kier molecular flexibility index (Phi) is 7.26. The van der Waals surface area contributed by atoms with Gasteiger partial charge in [0.1, 0.15) is 6.54 Å². The molecule has 0 saturated heterocycles. The van der Waals surface area contributed by atoms with Gasteiger partial charge in [0.25, 0.3) is 0 Å². The standard InChI is InChI=1S/C18H27N5O/c1-3-19-18(22-16-9-4-5-10-16)21-14-17(24)23(2)13-11-15-8-6-7-12-20-15/h4-8,12,16H,3,9-11,13-14H2,1-2H3,(H2,19,21,22). The third-order valence-electron chi connectivity index (χ3n) is 3.92. The Balaban J connectivity index is 1.79. The average molecular weight is 329 g/mol. The summed E-state index contributed by atoms with van der Waals surface area (Å²) in [6.07, 6.45) is 8.85. The van der Waals surface area contributed by atoms with Gasteiger partial charge in [-0.1, -0.05) is 18.2 Å². The fourth-order valence-corrected chi connectivity index (χ4v) is 2.47. The average Bonchev–Trinajstić information content (AvgIpc) is 3.11. The minimum absolute atomic E-state index is 0.00711. The first-order chi connectivity index (χ1) is 11.7. The number of aliphatic imine (C=N–C) groups is 1. The number of pyridine rings is 1. The lowest BCUT2D eigenvalue weighted by Gasteiger charge is -2.18. The van der Waals surface area contributed by atoms with E-state index in [1.165, 1.54) is 0 Å². The summed E-state index contributed by atoms with van der Waals surface area (Å²) in [7, 11) is 1.81. The molecule has 2 rings (SSSR count). The molecule has 1 aliphatic carbocycles. The lowest BCUT2D eigenvalue weighted by molar-refractivity contribution is -0.128. The molecule has 6 nitrogen and oxygen atoms in total. The Morgan fingerprint density at radius 1 is 1.38 bits per heavy atom. The maximum atomic E-state index is 12.2. The van der Waals surface area contributed by atoms with E-state index in [1.807, 2.05) is 32.2 Å². The highest BCUT2D eigenvalue weighted by Crippen LogP contribution is 2.08. The quantitative estimate of drug-likeness (QED) is 0.450. The molecule has 0 saturated carbocycles. The van der Waals surface area contributed by atoms with E-state index < -0.39 is 0 Å². The van der Waals surface area contributed by atoms with E-state index in [0.29, 0.717) is 18.5 Å². The number of carbonyl (C=O) groups is 1. The zero-order chi connectivity index (χ0) is 17.2. The fourth-order valence-electron chi connectivity index (χ4n) is 2.47. The van der Waals surface area contributed by atoms with Crippen LogP contribution in [0, 0.1) is 0 Å². The molecule has 2 N–H and O–H groups in total. The molecule has 0 spiro atoms. The second kappa shape index (κ2) is 9.70. The molecule has 24 heavy (non-hydrogen) atoms. The number of hydrogen-bond acceptors (Lipinski definition) is 3. The van der Waals surface area contributed by atoms with E-state index in [2.05, 4.69) is 32.8 Å². The number of rotatable bonds is 7. The van der Waals surface area contributed by atoms with Crippen molar-refractivity contribution in [3.8, 4) is 0 Å². The van der Waals surface area contributed by atoms with Crippen molar-refractivity contribution in [3.63, 3.8) is 0 Å². The molecular formula is C18H27N5O. The van der Waals surface area contributed by atoms with E-state index in [-0.39, 0.29) is 12.5 Å². The second-order valence-electron chi connectivity index (χ2n) is 5.87. The summed E-state index contributed by atoms with van der Waals surface area (Å²) in [5.74, 6) is 0.713. The number of amides is 1. The summed E-state index contributed by atoms with van der Waals surface area (Å²) in [4.78, 5) is 22.6. The number of aromatic nitrogens is 1. The molecule has 0 aliphatic heterocycles. The van der Waals surface area contributed by atoms with Crippen LogP contribution in [0.3, 0.4) is 0 Å². The number of carbonyl (C=O) groups excluding carboxylic acids is 1. The molecule has 1 aromatic heterocycles. The molecule has 1 aromatic rings. The van der Waals surface area contributed by atoms with Crippen LogP contribution in [0.1, 0.15) is 25.5 Å². The third kappa shape index (κ3) is 6.02. The van der Waals surface area contributed by atoms with Crippen LogP contribution in [0.2, 0.25) is 0 Å². The number of nitrogens with one attached hydrogen (secondary N) is 2. The van der Waals surface area contributed by atoms with Gasteiger partial charge in [-0.25, -0.2) is 4.99 Å². The molecule has 0 radical (unpaired) electrons. The molecule has 0 unspecified atom stereocenters. The number of likely N-dealkylation sites (N-methyl/N-ethyl adjacent to an activating group) is 1. The van der Waals surface area contributed by atoms with Gasteiger partial charge in [-0.2, -0.15) is 0 Å². The summed E-state index contributed by atoms with van der Waals surface area (Å²) in [6, 6.07) is 6.20. The van der Waals surface area contributed by atoms with Crippen molar-refractivity contribution in [3.05, 3.63) is 42.2 Å². The summed E-state index contributed by atoms with van der Waals surface area (Å²) in [5, 5.41) is 6.56. The fraction of sp³-hybridized carbons (Fsp3) is 0.500. The maximum absolute atomic E-state index is 12.2. The molecule has 6 heteroatoms. The SMILES string of the molecule is CCNC(=NCC(=O)N(C)CCc1ccccn1)NC1CC=CC1. The van der Waals surface area contributed by atoms with E-state index in [1.54, 1.807) is 11.1 Å². The highest BCUT2D eigenvalue weighted by atomic mass is 16.2. The molecular weight excluding hydrogens is 302 g/mol. The van der Waals surface area contributed by atoms with Gasteiger partial charge in [-0.05, 0) is 31.9 Å². The van der Waals surface area contributed by atoms with Gasteiger partial charge >= 0.3 is 0 Å². The van der Waals surface area contributed by atoms with E-state index in [4.69, 9.17) is 0 Å². The van der Waals surface area contributed by atoms with Crippen molar-refractivity contribution >= 4 is 11.9 Å². The Bertz CT molecular complexity index is 562. The van der Waals surface area contributed by atoms with Crippen molar-refractivity contribution in [2.24, 2.45) is 4.99 Å². The van der Waals surface area contributed by atoms with Crippen LogP contribution in [0.4, 0.5) is 0 Å². The maximum Gasteiger partial charge on any atom is 0.244 e. The first-order valence-electron chi connectivity index (χ1n) is 8.52. The Labute approximate surface area is 144 Å². The zero-order valence-electron chi connectivity index (χ0n) is 14.5. The van der Waals surface area contributed by atoms with Crippen molar-refractivity contribution in [1.82, 2.24) is 20.5 Å². The van der Waals surface area contributed by atoms with Crippen LogP contribution in [0.15, 0.2) is 41.5 Å². The topological polar surface area (TPSA) is 69.6 Å². The normalized spacial score (nSPS) is 14.7. The van der Waals surface area contributed by atoms with E-state index >= 15 is 0 Å². The van der Waals surface area contributed by atoms with Gasteiger partial charge in [0.15, 0.2) is 5.96 Å². The van der Waals surface area contributed by atoms with Crippen LogP contribution in [0.5, 0.6) is 0 Å². The predicted molar refractivity (Wildman–Crippen MR) is 96.9 cm³/mol. The lowest BCUT2D eigenvalue weighted by atomic mass is 10.2. The summed E-state index contributed by atoms with van der Waals surface area (Å²) in [6.45, 7) is 3.58. The van der Waals surface area contributed by atoms with Crippen LogP contribution in [-0.2, 0) is 11.2 Å². The molecule has 1 amide bonds. The first-order valence-corrected chi connectivity index (χ1v) is 8.52. The van der Waals surface area contributed by atoms with Gasteiger partial charge in [0.05, 0.1) is 0 Å². The molecule has 0 atom stereocenters. The van der Waals surface area contributed by atoms with Crippen LogP contribution in [0.25, 0.3) is 0 Å². The smallest absolute Gasteiger partial charge is 0.244 e. The minimum atomic E-state index is 0.00711. The second-order valence-corrected chi connectivity index (χ2v) is 5.87. The first kappa shape index (κ1) is 18.0. The lowest BCUT2D eigenvalue weighted by Crippen LogP contribution is -2.43. The van der Waals surface area contributed by atoms with Gasteiger partial charge in [-0.15, -0.1) is 0 Å². The van der Waals surface area contributed by atoms with Gasteiger partial charge in [0, 0.05) is 44.5 Å². The molecule has 130 valence electrons. The largest absolute Gasteiger partial charge is 0.357 e. The van der Waals surface area contributed by atoms with Gasteiger partial charge in [0.2, 0.25) is 5.91 Å². The summed E-state index contributed by atoms with van der Waals surface area (Å²) < 4.78 is 0. The molecule has 0 bridgehead atoms. The third-order valence-corrected chi connectivity index (χ3v) is 3.92. The number of nitrogens with zero attached hydrogens (tertiary/aromatic N) is 3. The zero-order valence-corrected chi connectivity index (χ0v) is 14.5. The van der Waals surface area contributed by atoms with Crippen molar-refractivity contribution < 1.29 is 4.79 Å². The highest BCUT2D eigenvalue weighted by Gasteiger charge is 2.13. The van der Waals surface area contributed by atoms with Crippen LogP contribution < -0.4 is 10.6 Å². The van der Waals surface area contributed by atoms with Gasteiger partial charge < -0.3 is 15.5 Å². The van der Waals surface area contributed by atoms with E-state index in [9.17, 15) is 4.79 Å². The Morgan fingerprint density at radius 3 is 2.83 bits per heavy atom. The van der Waals surface area contributed by atoms with Crippen LogP contribution >= 0.6 is 0 Å². The number of hydrogen-bond donors (Lipinski definition) is 2. The summed E-state index contributed by atoms with van der Waals surface area (Å²) >= 11 is 0. The highest BCUT2D eigenvalue weighted by molar-refractivity contribution is 5.85. The molecule has 1 aliphatic rings. The minimum Gasteiger partial charge on any atom is -0.357 e. The molecule has 1 heterocycles. The van der Waals surface area contributed by atoms with E-state index in [0.717, 1.165) is 31.5 Å². The van der Waals surface area contributed by atoms with Crippen LogP contribution in [-0.4, -0.2) is 54.5 Å². The molecule has 0 aromatic carbocycles. The Morgan fingerprint density at radius 2 is 2.17 bits per heavy atom. The van der Waals surface area contributed by atoms with Crippen molar-refractivity contribution in [2.45, 2.75) is 32.2 Å². The van der Waals surface area contributed by atoms with Crippen molar-refractivity contribution in [1.29, 1.82) is 0 Å². The number of guanidine groups is 1. The Hall–Kier alpha value is -2.37. The van der Waals surface area contributed by atoms with Gasteiger partial charge in [-0.3, -0.25) is 9.78 Å². The monoisotopic (exact) mass is 329 g/mol. The predicted octanol–water partition coefficient (Wildman–Crippen LogP) is 1.36. The molecule has 0 fully saturated rings. The summed E-state index contributed by atoms with van der Waals surface area (Å²) in [5.41, 5.74) is 0.990.